The molecule has 3 rings (SSSR count). The van der Waals surface area contributed by atoms with Gasteiger partial charge in [-0.2, -0.15) is 11.8 Å². The van der Waals surface area contributed by atoms with Gasteiger partial charge in [0.25, 0.3) is 0 Å². The predicted octanol–water partition coefficient (Wildman–Crippen LogP) is 1.99. The Morgan fingerprint density at radius 3 is 3.20 bits per heavy atom. The number of nitrogens with zero attached hydrogens (tertiary/aromatic N) is 2. The molecule has 3 nitrogen and oxygen atoms in total. The maximum atomic E-state index is 4.32. The van der Waals surface area contributed by atoms with Crippen molar-refractivity contribution in [2.45, 2.75) is 31.3 Å². The highest BCUT2D eigenvalue weighted by Crippen LogP contribution is 2.32. The van der Waals surface area contributed by atoms with Gasteiger partial charge in [-0.15, -0.1) is 0 Å². The summed E-state index contributed by atoms with van der Waals surface area (Å²) < 4.78 is 2.41. The Hall–Kier alpha value is -0.480. The van der Waals surface area contributed by atoms with E-state index in [1.54, 1.807) is 0 Å². The normalized spacial score (nSPS) is 31.2. The van der Waals surface area contributed by atoms with Crippen molar-refractivity contribution in [2.75, 3.05) is 18.1 Å². The molecule has 0 aliphatic carbocycles. The van der Waals surface area contributed by atoms with Gasteiger partial charge < -0.3 is 9.88 Å². The summed E-state index contributed by atoms with van der Waals surface area (Å²) in [4.78, 5) is 4.32. The molecular weight excluding hydrogens is 206 g/mol. The Balaban J connectivity index is 1.84. The van der Waals surface area contributed by atoms with Crippen molar-refractivity contribution in [3.05, 3.63) is 18.2 Å². The molecule has 0 spiro atoms. The van der Waals surface area contributed by atoms with Crippen molar-refractivity contribution in [3.8, 4) is 0 Å². The highest BCUT2D eigenvalue weighted by atomic mass is 32.2. The number of hydrogen-bond donors (Lipinski definition) is 1. The van der Waals surface area contributed by atoms with Gasteiger partial charge >= 0.3 is 0 Å². The minimum absolute atomic E-state index is 0.554. The molecule has 0 radical (unpaired) electrons. The van der Waals surface area contributed by atoms with Crippen LogP contribution in [-0.2, 0) is 0 Å². The van der Waals surface area contributed by atoms with Crippen LogP contribution in [0.3, 0.4) is 0 Å². The highest BCUT2D eigenvalue weighted by molar-refractivity contribution is 7.99. The molecule has 0 aromatic carbocycles. The standard InChI is InChI=1S/C11H17N3S/c1-2-10(13-4-1)11-6-12-8-14(11)9-3-5-15-7-9/h6,8-10,13H,1-5,7H2. The molecule has 2 aliphatic heterocycles. The SMILES string of the molecule is c1ncn(C2CCSC2)c1C1CCCN1. The predicted molar refractivity (Wildman–Crippen MR) is 63.2 cm³/mol. The molecule has 3 heterocycles. The third-order valence-corrected chi connectivity index (χ3v) is 4.56. The monoisotopic (exact) mass is 223 g/mol. The minimum Gasteiger partial charge on any atom is -0.329 e. The first-order chi connectivity index (χ1) is 7.45. The molecule has 2 unspecified atom stereocenters. The van der Waals surface area contributed by atoms with Crippen LogP contribution in [0.2, 0.25) is 0 Å². The zero-order valence-electron chi connectivity index (χ0n) is 8.85. The summed E-state index contributed by atoms with van der Waals surface area (Å²) >= 11 is 2.06. The number of rotatable bonds is 2. The Morgan fingerprint density at radius 2 is 2.47 bits per heavy atom. The molecule has 1 aromatic rings. The third-order valence-electron chi connectivity index (χ3n) is 3.41. The van der Waals surface area contributed by atoms with Crippen LogP contribution in [0.1, 0.15) is 37.0 Å². The van der Waals surface area contributed by atoms with Gasteiger partial charge in [0.05, 0.1) is 12.0 Å². The van der Waals surface area contributed by atoms with E-state index in [-0.39, 0.29) is 0 Å². The van der Waals surface area contributed by atoms with Gasteiger partial charge in [-0.25, -0.2) is 4.98 Å². The molecule has 15 heavy (non-hydrogen) atoms. The molecule has 2 saturated heterocycles. The summed E-state index contributed by atoms with van der Waals surface area (Å²) in [6, 6.07) is 1.24. The van der Waals surface area contributed by atoms with E-state index in [9.17, 15) is 0 Å². The zero-order valence-corrected chi connectivity index (χ0v) is 9.67. The van der Waals surface area contributed by atoms with Crippen LogP contribution in [0.25, 0.3) is 0 Å². The summed E-state index contributed by atoms with van der Waals surface area (Å²) in [5.41, 5.74) is 1.40. The second-order valence-electron chi connectivity index (χ2n) is 4.39. The van der Waals surface area contributed by atoms with Gasteiger partial charge in [-0.1, -0.05) is 0 Å². The number of hydrogen-bond acceptors (Lipinski definition) is 3. The molecule has 0 saturated carbocycles. The summed E-state index contributed by atoms with van der Waals surface area (Å²) in [5.74, 6) is 2.57. The molecule has 1 N–H and O–H groups in total. The lowest BCUT2D eigenvalue weighted by molar-refractivity contribution is 0.498. The molecule has 2 fully saturated rings. The van der Waals surface area contributed by atoms with E-state index in [0.29, 0.717) is 12.1 Å². The molecule has 2 aliphatic rings. The number of imidazole rings is 1. The molecule has 2 atom stereocenters. The number of nitrogens with one attached hydrogen (secondary N) is 1. The van der Waals surface area contributed by atoms with Crippen molar-refractivity contribution in [3.63, 3.8) is 0 Å². The van der Waals surface area contributed by atoms with Gasteiger partial charge in [-0.05, 0) is 31.6 Å². The Morgan fingerprint density at radius 1 is 1.47 bits per heavy atom. The Labute approximate surface area is 94.7 Å². The van der Waals surface area contributed by atoms with Crippen LogP contribution in [0.15, 0.2) is 12.5 Å². The first kappa shape index (κ1) is 9.73. The largest absolute Gasteiger partial charge is 0.329 e. The van der Waals surface area contributed by atoms with E-state index in [4.69, 9.17) is 0 Å². The van der Waals surface area contributed by atoms with E-state index < -0.39 is 0 Å². The maximum absolute atomic E-state index is 4.32. The van der Waals surface area contributed by atoms with Crippen molar-refractivity contribution in [1.82, 2.24) is 14.9 Å². The minimum atomic E-state index is 0.554. The van der Waals surface area contributed by atoms with E-state index in [1.807, 2.05) is 12.5 Å². The van der Waals surface area contributed by atoms with Crippen LogP contribution >= 0.6 is 11.8 Å². The lowest BCUT2D eigenvalue weighted by Gasteiger charge is -2.18. The lowest BCUT2D eigenvalue weighted by atomic mass is 10.1. The van der Waals surface area contributed by atoms with Crippen molar-refractivity contribution in [2.24, 2.45) is 0 Å². The van der Waals surface area contributed by atoms with Crippen molar-refractivity contribution >= 4 is 11.8 Å². The first-order valence-electron chi connectivity index (χ1n) is 5.78. The van der Waals surface area contributed by atoms with Gasteiger partial charge in [0.2, 0.25) is 0 Å². The van der Waals surface area contributed by atoms with Crippen LogP contribution in [0, 0.1) is 0 Å². The van der Waals surface area contributed by atoms with Crippen molar-refractivity contribution < 1.29 is 0 Å². The fraction of sp³-hybridized carbons (Fsp3) is 0.727. The average Bonchev–Trinajstić information content (AvgIpc) is 3.01. The molecule has 1 aromatic heterocycles. The number of thioether (sulfide) groups is 1. The topological polar surface area (TPSA) is 29.9 Å². The second kappa shape index (κ2) is 4.18. The van der Waals surface area contributed by atoms with Crippen molar-refractivity contribution in [1.29, 1.82) is 0 Å². The molecule has 4 heteroatoms. The van der Waals surface area contributed by atoms with E-state index >= 15 is 0 Å². The van der Waals surface area contributed by atoms with Crippen LogP contribution in [0.4, 0.5) is 0 Å². The van der Waals surface area contributed by atoms with Crippen LogP contribution < -0.4 is 5.32 Å². The van der Waals surface area contributed by atoms with Gasteiger partial charge in [-0.3, -0.25) is 0 Å². The summed E-state index contributed by atoms with van der Waals surface area (Å²) in [5, 5.41) is 3.56. The fourth-order valence-electron chi connectivity index (χ4n) is 2.57. The first-order valence-corrected chi connectivity index (χ1v) is 6.93. The molecule has 0 bridgehead atoms. The zero-order chi connectivity index (χ0) is 10.1. The molecule has 82 valence electrons. The van der Waals surface area contributed by atoms with E-state index in [0.717, 1.165) is 6.54 Å². The Bertz CT molecular complexity index is 294. The summed E-state index contributed by atoms with van der Waals surface area (Å²) in [7, 11) is 0. The van der Waals surface area contributed by atoms with Gasteiger partial charge in [0.1, 0.15) is 0 Å². The molecular formula is C11H17N3S. The van der Waals surface area contributed by atoms with Crippen LogP contribution in [0.5, 0.6) is 0 Å². The van der Waals surface area contributed by atoms with E-state index in [1.165, 1.54) is 36.5 Å². The number of aromatic nitrogens is 2. The lowest BCUT2D eigenvalue weighted by Crippen LogP contribution is -2.19. The van der Waals surface area contributed by atoms with Crippen LogP contribution in [-0.4, -0.2) is 27.6 Å². The van der Waals surface area contributed by atoms with Gasteiger partial charge in [0.15, 0.2) is 0 Å². The Kier molecular flexibility index (Phi) is 2.71. The maximum Gasteiger partial charge on any atom is 0.0951 e. The molecule has 0 amide bonds. The smallest absolute Gasteiger partial charge is 0.0951 e. The highest BCUT2D eigenvalue weighted by Gasteiger charge is 2.24. The average molecular weight is 223 g/mol. The third kappa shape index (κ3) is 1.81. The van der Waals surface area contributed by atoms with Gasteiger partial charge in [0, 0.05) is 24.0 Å². The fourth-order valence-corrected chi connectivity index (χ4v) is 3.77. The van der Waals surface area contributed by atoms with E-state index in [2.05, 4.69) is 26.6 Å². The second-order valence-corrected chi connectivity index (χ2v) is 5.54. The quantitative estimate of drug-likeness (QED) is 0.831. The summed E-state index contributed by atoms with van der Waals surface area (Å²) in [6.07, 6.45) is 7.94. The summed E-state index contributed by atoms with van der Waals surface area (Å²) in [6.45, 7) is 1.16.